The highest BCUT2D eigenvalue weighted by Gasteiger charge is 2.12. The first-order valence-corrected chi connectivity index (χ1v) is 5.04. The third-order valence-electron chi connectivity index (χ3n) is 2.30. The lowest BCUT2D eigenvalue weighted by Gasteiger charge is -2.06. The van der Waals surface area contributed by atoms with Crippen LogP contribution in [0, 0.1) is 0 Å². The molecule has 1 aromatic heterocycles. The molecule has 0 saturated heterocycles. The largest absolute Gasteiger partial charge is 0.462 e. The highest BCUT2D eigenvalue weighted by molar-refractivity contribution is 6.06. The summed E-state index contributed by atoms with van der Waals surface area (Å²) in [6, 6.07) is 6.91. The van der Waals surface area contributed by atoms with E-state index in [1.807, 2.05) is 6.07 Å². The maximum absolute atomic E-state index is 11.7. The molecular formula is C12H12N2O2. The Bertz CT molecular complexity index is 538. The van der Waals surface area contributed by atoms with Gasteiger partial charge in [0.2, 0.25) is 0 Å². The number of nitrogen functional groups attached to an aromatic ring is 1. The van der Waals surface area contributed by atoms with Gasteiger partial charge >= 0.3 is 5.97 Å². The van der Waals surface area contributed by atoms with Crippen LogP contribution >= 0.6 is 0 Å². The van der Waals surface area contributed by atoms with Gasteiger partial charge in [-0.15, -0.1) is 0 Å². The molecule has 0 fully saturated rings. The minimum Gasteiger partial charge on any atom is -0.462 e. The minimum absolute atomic E-state index is 0.347. The second-order valence-electron chi connectivity index (χ2n) is 3.32. The van der Waals surface area contributed by atoms with Crippen molar-refractivity contribution in [2.24, 2.45) is 0 Å². The predicted octanol–water partition coefficient (Wildman–Crippen LogP) is 1.99. The maximum atomic E-state index is 11.7. The van der Waals surface area contributed by atoms with Crippen molar-refractivity contribution >= 4 is 22.6 Å². The van der Waals surface area contributed by atoms with Gasteiger partial charge in [0.1, 0.15) is 0 Å². The zero-order chi connectivity index (χ0) is 11.5. The van der Waals surface area contributed by atoms with Gasteiger partial charge < -0.3 is 10.5 Å². The number of fused-ring (bicyclic) bond motifs is 1. The Morgan fingerprint density at radius 1 is 1.44 bits per heavy atom. The molecule has 16 heavy (non-hydrogen) atoms. The second kappa shape index (κ2) is 4.18. The van der Waals surface area contributed by atoms with Crippen LogP contribution in [0.25, 0.3) is 10.9 Å². The van der Waals surface area contributed by atoms with Gasteiger partial charge in [-0.05, 0) is 25.1 Å². The molecule has 82 valence electrons. The van der Waals surface area contributed by atoms with Gasteiger partial charge in [-0.3, -0.25) is 4.98 Å². The van der Waals surface area contributed by atoms with Crippen molar-refractivity contribution in [3.05, 3.63) is 36.0 Å². The molecule has 2 aromatic rings. The molecule has 0 radical (unpaired) electrons. The third kappa shape index (κ3) is 1.69. The summed E-state index contributed by atoms with van der Waals surface area (Å²) in [6.07, 6.45) is 1.65. The number of ether oxygens (including phenoxy) is 1. The summed E-state index contributed by atoms with van der Waals surface area (Å²) in [5, 5.41) is 0.723. The van der Waals surface area contributed by atoms with Crippen molar-refractivity contribution < 1.29 is 9.53 Å². The van der Waals surface area contributed by atoms with Crippen molar-refractivity contribution in [3.63, 3.8) is 0 Å². The van der Waals surface area contributed by atoms with Crippen LogP contribution < -0.4 is 5.73 Å². The molecule has 4 heteroatoms. The molecule has 0 atom stereocenters. The van der Waals surface area contributed by atoms with Crippen LogP contribution in [-0.4, -0.2) is 17.6 Å². The van der Waals surface area contributed by atoms with E-state index in [2.05, 4.69) is 4.98 Å². The van der Waals surface area contributed by atoms with E-state index in [0.717, 1.165) is 5.39 Å². The summed E-state index contributed by atoms with van der Waals surface area (Å²) in [6.45, 7) is 2.13. The summed E-state index contributed by atoms with van der Waals surface area (Å²) in [4.78, 5) is 15.8. The SMILES string of the molecule is CCOC(=O)c1ccc(N)c2ncccc12. The Morgan fingerprint density at radius 3 is 3.00 bits per heavy atom. The summed E-state index contributed by atoms with van der Waals surface area (Å²) >= 11 is 0. The molecule has 0 unspecified atom stereocenters. The highest BCUT2D eigenvalue weighted by atomic mass is 16.5. The van der Waals surface area contributed by atoms with E-state index in [0.29, 0.717) is 23.4 Å². The number of rotatable bonds is 2. The van der Waals surface area contributed by atoms with Crippen LogP contribution in [0.15, 0.2) is 30.5 Å². The molecule has 1 aromatic carbocycles. The average molecular weight is 216 g/mol. The number of hydrogen-bond donors (Lipinski definition) is 1. The summed E-state index contributed by atoms with van der Waals surface area (Å²) in [7, 11) is 0. The van der Waals surface area contributed by atoms with Crippen LogP contribution in [0.3, 0.4) is 0 Å². The Labute approximate surface area is 93.0 Å². The van der Waals surface area contributed by atoms with Gasteiger partial charge in [0.15, 0.2) is 0 Å². The number of carbonyl (C=O) groups excluding carboxylic acids is 1. The van der Waals surface area contributed by atoms with Crippen LogP contribution in [0.4, 0.5) is 5.69 Å². The number of nitrogens with two attached hydrogens (primary N) is 1. The van der Waals surface area contributed by atoms with Gasteiger partial charge in [-0.1, -0.05) is 6.07 Å². The van der Waals surface area contributed by atoms with Crippen molar-refractivity contribution in [2.45, 2.75) is 6.92 Å². The fraction of sp³-hybridized carbons (Fsp3) is 0.167. The number of carbonyl (C=O) groups is 1. The number of benzene rings is 1. The molecule has 1 heterocycles. The van der Waals surface area contributed by atoms with E-state index < -0.39 is 0 Å². The molecule has 0 amide bonds. The molecule has 0 saturated carbocycles. The molecule has 0 bridgehead atoms. The Balaban J connectivity index is 2.63. The third-order valence-corrected chi connectivity index (χ3v) is 2.30. The lowest BCUT2D eigenvalue weighted by molar-refractivity contribution is 0.0528. The van der Waals surface area contributed by atoms with Gasteiger partial charge in [0.25, 0.3) is 0 Å². The minimum atomic E-state index is -0.347. The van der Waals surface area contributed by atoms with Crippen molar-refractivity contribution in [3.8, 4) is 0 Å². The molecule has 0 aliphatic carbocycles. The first kappa shape index (κ1) is 10.4. The quantitative estimate of drug-likeness (QED) is 0.616. The Hall–Kier alpha value is -2.10. The van der Waals surface area contributed by atoms with Crippen LogP contribution in [0.1, 0.15) is 17.3 Å². The smallest absolute Gasteiger partial charge is 0.338 e. The van der Waals surface area contributed by atoms with Crippen molar-refractivity contribution in [1.29, 1.82) is 0 Å². The summed E-state index contributed by atoms with van der Waals surface area (Å²) < 4.78 is 4.97. The van der Waals surface area contributed by atoms with Crippen LogP contribution in [-0.2, 0) is 4.74 Å². The number of anilines is 1. The molecule has 0 spiro atoms. The molecule has 0 aliphatic heterocycles. The van der Waals surface area contributed by atoms with Crippen LogP contribution in [0.2, 0.25) is 0 Å². The van der Waals surface area contributed by atoms with E-state index in [1.54, 1.807) is 31.3 Å². The maximum Gasteiger partial charge on any atom is 0.338 e. The van der Waals surface area contributed by atoms with Crippen LogP contribution in [0.5, 0.6) is 0 Å². The van der Waals surface area contributed by atoms with Crippen molar-refractivity contribution in [1.82, 2.24) is 4.98 Å². The highest BCUT2D eigenvalue weighted by Crippen LogP contribution is 2.22. The fourth-order valence-electron chi connectivity index (χ4n) is 1.58. The first-order chi connectivity index (χ1) is 7.74. The second-order valence-corrected chi connectivity index (χ2v) is 3.32. The molecule has 0 aliphatic rings. The number of aromatic nitrogens is 1. The van der Waals surface area contributed by atoms with Gasteiger partial charge in [0.05, 0.1) is 23.4 Å². The number of nitrogens with zero attached hydrogens (tertiary/aromatic N) is 1. The zero-order valence-corrected chi connectivity index (χ0v) is 8.93. The van der Waals surface area contributed by atoms with Gasteiger partial charge in [0, 0.05) is 11.6 Å². The number of hydrogen-bond acceptors (Lipinski definition) is 4. The molecule has 4 nitrogen and oxygen atoms in total. The standard InChI is InChI=1S/C12H12N2O2/c1-2-16-12(15)9-5-6-10(13)11-8(9)4-3-7-14-11/h3-7H,2,13H2,1H3. The fourth-order valence-corrected chi connectivity index (χ4v) is 1.58. The van der Waals surface area contributed by atoms with E-state index in [9.17, 15) is 4.79 Å². The number of pyridine rings is 1. The Morgan fingerprint density at radius 2 is 2.25 bits per heavy atom. The van der Waals surface area contributed by atoms with E-state index >= 15 is 0 Å². The molecule has 2 rings (SSSR count). The lowest BCUT2D eigenvalue weighted by Crippen LogP contribution is -2.06. The molecule has 2 N–H and O–H groups in total. The number of esters is 1. The van der Waals surface area contributed by atoms with Gasteiger partial charge in [-0.25, -0.2) is 4.79 Å². The predicted molar refractivity (Wildman–Crippen MR) is 62.1 cm³/mol. The van der Waals surface area contributed by atoms with E-state index in [1.165, 1.54) is 0 Å². The monoisotopic (exact) mass is 216 g/mol. The summed E-state index contributed by atoms with van der Waals surface area (Å²) in [5.74, 6) is -0.347. The van der Waals surface area contributed by atoms with E-state index in [-0.39, 0.29) is 5.97 Å². The topological polar surface area (TPSA) is 65.2 Å². The van der Waals surface area contributed by atoms with E-state index in [4.69, 9.17) is 10.5 Å². The van der Waals surface area contributed by atoms with Gasteiger partial charge in [-0.2, -0.15) is 0 Å². The molecular weight excluding hydrogens is 204 g/mol. The van der Waals surface area contributed by atoms with Crippen molar-refractivity contribution in [2.75, 3.05) is 12.3 Å². The zero-order valence-electron chi connectivity index (χ0n) is 8.93. The normalized spacial score (nSPS) is 10.3. The summed E-state index contributed by atoms with van der Waals surface area (Å²) in [5.41, 5.74) is 7.48. The lowest BCUT2D eigenvalue weighted by atomic mass is 10.1. The Kier molecular flexibility index (Phi) is 2.72. The first-order valence-electron chi connectivity index (χ1n) is 5.04. The average Bonchev–Trinajstić information content (AvgIpc) is 2.30.